The predicted octanol–water partition coefficient (Wildman–Crippen LogP) is 5.84. The highest BCUT2D eigenvalue weighted by molar-refractivity contribution is 9.10. The molecule has 2 aromatic carbocycles. The van der Waals surface area contributed by atoms with Crippen LogP contribution in [0.15, 0.2) is 53.0 Å². The number of H-pyrrole nitrogens is 1. The molecule has 0 saturated carbocycles. The average Bonchev–Trinajstić information content (AvgIpc) is 3.14. The van der Waals surface area contributed by atoms with Gasteiger partial charge < -0.3 is 4.90 Å². The molecule has 0 bridgehead atoms. The van der Waals surface area contributed by atoms with Gasteiger partial charge in [-0.05, 0) is 50.6 Å². The van der Waals surface area contributed by atoms with E-state index in [4.69, 9.17) is 11.6 Å². The van der Waals surface area contributed by atoms with Gasteiger partial charge >= 0.3 is 0 Å². The molecule has 138 valence electrons. The van der Waals surface area contributed by atoms with E-state index < -0.39 is 0 Å². The molecule has 1 aliphatic heterocycles. The molecule has 1 aromatic heterocycles. The fraction of sp³-hybridized carbons (Fsp3) is 0.238. The van der Waals surface area contributed by atoms with Crippen molar-refractivity contribution in [1.29, 1.82) is 0 Å². The minimum Gasteiger partial charge on any atom is -0.321 e. The standard InChI is InChI=1S/C21H19BrClN3O/c1-21(2,3)26-19(13-5-4-6-14(22)11-13)16-17(24-25-18(16)20(26)27)12-7-9-15(23)10-8-12/h4-11,19H,1-3H3,(H,24,25). The van der Waals surface area contributed by atoms with Crippen molar-refractivity contribution in [3.8, 4) is 11.3 Å². The Bertz CT molecular complexity index is 1020. The van der Waals surface area contributed by atoms with Crippen molar-refractivity contribution in [3.63, 3.8) is 0 Å². The van der Waals surface area contributed by atoms with Crippen LogP contribution in [0.25, 0.3) is 11.3 Å². The Morgan fingerprint density at radius 2 is 1.85 bits per heavy atom. The third-order valence-corrected chi connectivity index (χ3v) is 5.52. The molecular weight excluding hydrogens is 426 g/mol. The Morgan fingerprint density at radius 3 is 2.48 bits per heavy atom. The molecule has 1 unspecified atom stereocenters. The monoisotopic (exact) mass is 443 g/mol. The number of rotatable bonds is 2. The molecular formula is C21H19BrClN3O. The topological polar surface area (TPSA) is 49.0 Å². The number of aromatic nitrogens is 2. The number of fused-ring (bicyclic) bond motifs is 1. The highest BCUT2D eigenvalue weighted by atomic mass is 79.9. The van der Waals surface area contributed by atoms with Gasteiger partial charge in [0, 0.05) is 26.2 Å². The minimum absolute atomic E-state index is 0.0322. The molecule has 2 heterocycles. The van der Waals surface area contributed by atoms with Gasteiger partial charge in [0.25, 0.3) is 5.91 Å². The van der Waals surface area contributed by atoms with E-state index in [-0.39, 0.29) is 17.5 Å². The molecule has 3 aromatic rings. The first-order valence-corrected chi connectivity index (χ1v) is 9.88. The number of nitrogens with one attached hydrogen (secondary N) is 1. The van der Waals surface area contributed by atoms with E-state index in [1.807, 2.05) is 41.3 Å². The van der Waals surface area contributed by atoms with Crippen LogP contribution in [0.5, 0.6) is 0 Å². The first kappa shape index (κ1) is 18.3. The molecule has 6 heteroatoms. The molecule has 0 spiro atoms. The molecule has 4 nitrogen and oxygen atoms in total. The van der Waals surface area contributed by atoms with Gasteiger partial charge in [-0.1, -0.05) is 51.8 Å². The van der Waals surface area contributed by atoms with Gasteiger partial charge in [0.2, 0.25) is 0 Å². The van der Waals surface area contributed by atoms with Gasteiger partial charge in [0.15, 0.2) is 0 Å². The van der Waals surface area contributed by atoms with Gasteiger partial charge in [-0.3, -0.25) is 9.89 Å². The van der Waals surface area contributed by atoms with Crippen LogP contribution < -0.4 is 0 Å². The second kappa shape index (κ2) is 6.50. The third kappa shape index (κ3) is 3.09. The number of carbonyl (C=O) groups excluding carboxylic acids is 1. The maximum absolute atomic E-state index is 13.2. The quantitative estimate of drug-likeness (QED) is 0.540. The number of hydrogen-bond donors (Lipinski definition) is 1. The fourth-order valence-electron chi connectivity index (χ4n) is 3.66. The molecule has 1 N–H and O–H groups in total. The molecule has 1 amide bonds. The summed E-state index contributed by atoms with van der Waals surface area (Å²) >= 11 is 9.60. The second-order valence-electron chi connectivity index (χ2n) is 7.67. The lowest BCUT2D eigenvalue weighted by Crippen LogP contribution is -2.44. The minimum atomic E-state index is -0.346. The van der Waals surface area contributed by atoms with E-state index >= 15 is 0 Å². The number of aromatic amines is 1. The second-order valence-corrected chi connectivity index (χ2v) is 9.02. The number of carbonyl (C=O) groups is 1. The van der Waals surface area contributed by atoms with E-state index in [0.29, 0.717) is 10.7 Å². The maximum atomic E-state index is 13.2. The van der Waals surface area contributed by atoms with Crippen molar-refractivity contribution in [2.45, 2.75) is 32.4 Å². The van der Waals surface area contributed by atoms with Crippen molar-refractivity contribution >= 4 is 33.4 Å². The number of benzene rings is 2. The lowest BCUT2D eigenvalue weighted by molar-refractivity contribution is 0.0546. The Balaban J connectivity index is 1.95. The zero-order valence-corrected chi connectivity index (χ0v) is 17.6. The van der Waals surface area contributed by atoms with Crippen LogP contribution in [0.3, 0.4) is 0 Å². The van der Waals surface area contributed by atoms with Gasteiger partial charge in [0.1, 0.15) is 5.69 Å². The third-order valence-electron chi connectivity index (χ3n) is 4.77. The SMILES string of the molecule is CC(C)(C)N1C(=O)c2[nH]nc(-c3ccc(Cl)cc3)c2C1c1cccc(Br)c1. The Kier molecular flexibility index (Phi) is 4.40. The average molecular weight is 445 g/mol. The molecule has 0 saturated heterocycles. The summed E-state index contributed by atoms with van der Waals surface area (Å²) in [6.45, 7) is 6.16. The zero-order valence-electron chi connectivity index (χ0n) is 15.3. The molecule has 0 aliphatic carbocycles. The molecule has 0 radical (unpaired) electrons. The van der Waals surface area contributed by atoms with Crippen LogP contribution in [0.4, 0.5) is 0 Å². The number of nitrogens with zero attached hydrogens (tertiary/aromatic N) is 2. The van der Waals surface area contributed by atoms with Crippen LogP contribution in [0.2, 0.25) is 5.02 Å². The largest absolute Gasteiger partial charge is 0.321 e. The van der Waals surface area contributed by atoms with Crippen molar-refractivity contribution < 1.29 is 4.79 Å². The lowest BCUT2D eigenvalue weighted by Gasteiger charge is -2.37. The summed E-state index contributed by atoms with van der Waals surface area (Å²) in [4.78, 5) is 15.2. The van der Waals surface area contributed by atoms with Gasteiger partial charge in [-0.2, -0.15) is 5.10 Å². The highest BCUT2D eigenvalue weighted by Gasteiger charge is 2.46. The van der Waals surface area contributed by atoms with Gasteiger partial charge in [-0.25, -0.2) is 0 Å². The van der Waals surface area contributed by atoms with E-state index in [9.17, 15) is 4.79 Å². The summed E-state index contributed by atoms with van der Waals surface area (Å²) in [7, 11) is 0. The number of amides is 1. The Morgan fingerprint density at radius 1 is 1.15 bits per heavy atom. The summed E-state index contributed by atoms with van der Waals surface area (Å²) < 4.78 is 0.978. The number of halogens is 2. The van der Waals surface area contributed by atoms with Gasteiger partial charge in [0.05, 0.1) is 11.7 Å². The van der Waals surface area contributed by atoms with Crippen LogP contribution in [0, 0.1) is 0 Å². The molecule has 4 rings (SSSR count). The summed E-state index contributed by atoms with van der Waals surface area (Å²) in [6, 6.07) is 15.4. The van der Waals surface area contributed by atoms with Crippen LogP contribution in [-0.4, -0.2) is 26.5 Å². The smallest absolute Gasteiger partial charge is 0.273 e. The van der Waals surface area contributed by atoms with Crippen LogP contribution in [-0.2, 0) is 0 Å². The Hall–Kier alpha value is -2.11. The summed E-state index contributed by atoms with van der Waals surface area (Å²) in [5.74, 6) is -0.0322. The highest BCUT2D eigenvalue weighted by Crippen LogP contribution is 2.46. The summed E-state index contributed by atoms with van der Waals surface area (Å²) in [5, 5.41) is 8.12. The van der Waals surface area contributed by atoms with E-state index in [1.54, 1.807) is 0 Å². The van der Waals surface area contributed by atoms with Crippen molar-refractivity contribution in [2.75, 3.05) is 0 Å². The molecule has 1 atom stereocenters. The van der Waals surface area contributed by atoms with Gasteiger partial charge in [-0.15, -0.1) is 0 Å². The first-order chi connectivity index (χ1) is 12.8. The van der Waals surface area contributed by atoms with Crippen LogP contribution in [0.1, 0.15) is 48.4 Å². The first-order valence-electron chi connectivity index (χ1n) is 8.70. The summed E-state index contributed by atoms with van der Waals surface area (Å²) in [5.41, 5.74) is 3.88. The van der Waals surface area contributed by atoms with Crippen molar-refractivity contribution in [1.82, 2.24) is 15.1 Å². The normalized spacial score (nSPS) is 16.7. The zero-order chi connectivity index (χ0) is 19.3. The van der Waals surface area contributed by atoms with E-state index in [0.717, 1.165) is 26.9 Å². The number of hydrogen-bond acceptors (Lipinski definition) is 2. The van der Waals surface area contributed by atoms with E-state index in [2.05, 4.69) is 59.0 Å². The predicted molar refractivity (Wildman–Crippen MR) is 111 cm³/mol. The lowest BCUT2D eigenvalue weighted by atomic mass is 9.94. The molecule has 0 fully saturated rings. The van der Waals surface area contributed by atoms with Crippen LogP contribution >= 0.6 is 27.5 Å². The molecule has 1 aliphatic rings. The van der Waals surface area contributed by atoms with Crippen molar-refractivity contribution in [2.24, 2.45) is 0 Å². The maximum Gasteiger partial charge on any atom is 0.273 e. The summed E-state index contributed by atoms with van der Waals surface area (Å²) in [6.07, 6.45) is 0. The Labute approximate surface area is 171 Å². The van der Waals surface area contributed by atoms with Crippen molar-refractivity contribution in [3.05, 3.63) is 74.8 Å². The van der Waals surface area contributed by atoms with E-state index in [1.165, 1.54) is 0 Å². The fourth-order valence-corrected chi connectivity index (χ4v) is 4.20. The molecule has 27 heavy (non-hydrogen) atoms.